The molecule has 4 nitrogen and oxygen atoms in total. The summed E-state index contributed by atoms with van der Waals surface area (Å²) in [5.74, 6) is 0. The van der Waals surface area contributed by atoms with Gasteiger partial charge in [-0.2, -0.15) is 0 Å². The topological polar surface area (TPSA) is 13.0 Å². The average Bonchev–Trinajstić information content (AvgIpc) is 3.40. The first kappa shape index (κ1) is 42.3. The summed E-state index contributed by atoms with van der Waals surface area (Å²) in [6.07, 6.45) is 0.911. The molecule has 0 saturated heterocycles. The van der Waals surface area contributed by atoms with E-state index in [1.54, 1.807) is 0 Å². The van der Waals surface area contributed by atoms with E-state index < -0.39 is 0 Å². The van der Waals surface area contributed by atoms with Crippen LogP contribution in [-0.2, 0) is 11.8 Å². The van der Waals surface area contributed by atoms with Gasteiger partial charge in [0.05, 0.1) is 11.4 Å². The van der Waals surface area contributed by atoms with Gasteiger partial charge in [0.1, 0.15) is 0 Å². The van der Waals surface area contributed by atoms with Gasteiger partial charge in [-0.3, -0.25) is 0 Å². The van der Waals surface area contributed by atoms with E-state index in [9.17, 15) is 0 Å². The fraction of sp³-hybridized carbons (Fsp3) is 0.0938. The molecule has 4 heteroatoms. The van der Waals surface area contributed by atoms with Crippen molar-refractivity contribution < 1.29 is 0 Å². The summed E-state index contributed by atoms with van der Waals surface area (Å²) in [7, 11) is 2.16. The standard InChI is InChI=1S/C64H54N4/c1-5-46-43-57(39-41-61(46)65(4)51-21-9-6-10-22-51)67(56-38-33-47-19-15-16-20-50(47)44-56)55-36-31-49(32-37-55)48-29-34-54(35-30-48)66(52-23-11-7-12-24-52)58-40-42-63-60(45-58)64(2,3)59-27-17-18-28-62(59)68(63)53-25-13-8-14-26-53/h6-45H,5H2,1-4H3. The van der Waals surface area contributed by atoms with E-state index >= 15 is 0 Å². The molecule has 68 heavy (non-hydrogen) atoms. The third-order valence-corrected chi connectivity index (χ3v) is 13.8. The van der Waals surface area contributed by atoms with Crippen molar-refractivity contribution in [2.75, 3.05) is 26.6 Å². The van der Waals surface area contributed by atoms with Crippen LogP contribution in [0.2, 0.25) is 0 Å². The Kier molecular flexibility index (Phi) is 11.1. The average molecular weight is 879 g/mol. The minimum Gasteiger partial charge on any atom is -0.344 e. The van der Waals surface area contributed by atoms with Crippen molar-refractivity contribution in [1.82, 2.24) is 0 Å². The van der Waals surface area contributed by atoms with Crippen molar-refractivity contribution in [2.45, 2.75) is 32.6 Å². The SMILES string of the molecule is CCc1cc(N(c2ccc(-c3ccc(N(c4ccccc4)c4ccc5c(c4)C(C)(C)c4ccccc4N5c4ccccc4)cc3)cc2)c2ccc3ccccc3c2)ccc1N(C)c1ccccc1. The highest BCUT2D eigenvalue weighted by molar-refractivity contribution is 5.91. The number of hydrogen-bond donors (Lipinski definition) is 0. The van der Waals surface area contributed by atoms with Gasteiger partial charge in [0.2, 0.25) is 0 Å². The van der Waals surface area contributed by atoms with Crippen LogP contribution in [-0.4, -0.2) is 7.05 Å². The number of aryl methyl sites for hydroxylation is 1. The molecule has 1 aliphatic heterocycles. The molecule has 0 radical (unpaired) electrons. The lowest BCUT2D eigenvalue weighted by molar-refractivity contribution is 0.632. The zero-order valence-electron chi connectivity index (χ0n) is 39.1. The Labute approximate surface area is 401 Å². The zero-order valence-corrected chi connectivity index (χ0v) is 39.1. The van der Waals surface area contributed by atoms with Gasteiger partial charge in [0, 0.05) is 63.6 Å². The Balaban J connectivity index is 0.942. The fourth-order valence-corrected chi connectivity index (χ4v) is 10.2. The van der Waals surface area contributed by atoms with Crippen molar-refractivity contribution in [3.63, 3.8) is 0 Å². The molecule has 0 aromatic heterocycles. The number of nitrogens with zero attached hydrogens (tertiary/aromatic N) is 4. The molecule has 330 valence electrons. The van der Waals surface area contributed by atoms with Gasteiger partial charge in [-0.15, -0.1) is 0 Å². The van der Waals surface area contributed by atoms with Gasteiger partial charge in [-0.25, -0.2) is 0 Å². The largest absolute Gasteiger partial charge is 0.344 e. The Morgan fingerprint density at radius 3 is 1.51 bits per heavy atom. The van der Waals surface area contributed by atoms with Crippen LogP contribution in [0.15, 0.2) is 243 Å². The van der Waals surface area contributed by atoms with Gasteiger partial charge in [0.15, 0.2) is 0 Å². The molecule has 0 aliphatic carbocycles. The van der Waals surface area contributed by atoms with E-state index in [-0.39, 0.29) is 5.41 Å². The van der Waals surface area contributed by atoms with E-state index in [0.717, 1.165) is 57.4 Å². The number of benzene rings is 10. The summed E-state index contributed by atoms with van der Waals surface area (Å²) in [4.78, 5) is 9.47. The highest BCUT2D eigenvalue weighted by Gasteiger charge is 2.37. The third-order valence-electron chi connectivity index (χ3n) is 13.8. The lowest BCUT2D eigenvalue weighted by atomic mass is 9.73. The van der Waals surface area contributed by atoms with Crippen molar-refractivity contribution in [3.05, 3.63) is 259 Å². The van der Waals surface area contributed by atoms with Gasteiger partial charge in [0.25, 0.3) is 0 Å². The number of hydrogen-bond acceptors (Lipinski definition) is 4. The maximum Gasteiger partial charge on any atom is 0.0504 e. The molecule has 0 atom stereocenters. The summed E-state index contributed by atoms with van der Waals surface area (Å²) in [5.41, 5.74) is 18.6. The molecule has 0 unspecified atom stereocenters. The molecule has 0 amide bonds. The van der Waals surface area contributed by atoms with E-state index in [0.29, 0.717) is 0 Å². The molecule has 11 rings (SSSR count). The molecule has 0 saturated carbocycles. The van der Waals surface area contributed by atoms with Gasteiger partial charge < -0.3 is 19.6 Å². The second-order valence-electron chi connectivity index (χ2n) is 18.2. The molecule has 0 N–H and O–H groups in total. The molecular weight excluding hydrogens is 825 g/mol. The fourth-order valence-electron chi connectivity index (χ4n) is 10.2. The van der Waals surface area contributed by atoms with Crippen LogP contribution >= 0.6 is 0 Å². The molecular formula is C64H54N4. The van der Waals surface area contributed by atoms with Crippen molar-refractivity contribution in [3.8, 4) is 11.1 Å². The van der Waals surface area contributed by atoms with Crippen molar-refractivity contribution >= 4 is 73.3 Å². The predicted molar refractivity (Wildman–Crippen MR) is 289 cm³/mol. The third kappa shape index (κ3) is 7.74. The van der Waals surface area contributed by atoms with Crippen LogP contribution in [0, 0.1) is 0 Å². The summed E-state index contributed by atoms with van der Waals surface area (Å²) in [5, 5.41) is 2.44. The van der Waals surface area contributed by atoms with E-state index in [4.69, 9.17) is 0 Å². The molecule has 1 aliphatic rings. The minimum atomic E-state index is -0.226. The highest BCUT2D eigenvalue weighted by atomic mass is 15.2. The molecule has 1 heterocycles. The first-order valence-corrected chi connectivity index (χ1v) is 23.7. The Bertz CT molecular complexity index is 3360. The Hall–Kier alpha value is -8.34. The monoisotopic (exact) mass is 878 g/mol. The summed E-state index contributed by atoms with van der Waals surface area (Å²) in [6, 6.07) is 88.2. The lowest BCUT2D eigenvalue weighted by Crippen LogP contribution is -2.30. The van der Waals surface area contributed by atoms with Crippen molar-refractivity contribution in [1.29, 1.82) is 0 Å². The summed E-state index contributed by atoms with van der Waals surface area (Å²) in [6.45, 7) is 6.96. The molecule has 10 aromatic carbocycles. The quantitative estimate of drug-likeness (QED) is 0.128. The number of anilines is 11. The van der Waals surface area contributed by atoms with Gasteiger partial charge >= 0.3 is 0 Å². The van der Waals surface area contributed by atoms with Gasteiger partial charge in [-0.1, -0.05) is 148 Å². The first-order valence-electron chi connectivity index (χ1n) is 23.7. The normalized spacial score (nSPS) is 12.6. The highest BCUT2D eigenvalue weighted by Crippen LogP contribution is 2.53. The van der Waals surface area contributed by atoms with Crippen LogP contribution in [0.25, 0.3) is 21.9 Å². The van der Waals surface area contributed by atoms with Crippen LogP contribution in [0.1, 0.15) is 37.5 Å². The lowest BCUT2D eigenvalue weighted by Gasteiger charge is -2.42. The predicted octanol–water partition coefficient (Wildman–Crippen LogP) is 17.9. The minimum absolute atomic E-state index is 0.226. The second-order valence-corrected chi connectivity index (χ2v) is 18.2. The summed E-state index contributed by atoms with van der Waals surface area (Å²) < 4.78 is 0. The van der Waals surface area contributed by atoms with Crippen LogP contribution in [0.3, 0.4) is 0 Å². The van der Waals surface area contributed by atoms with E-state index in [1.165, 1.54) is 50.2 Å². The summed E-state index contributed by atoms with van der Waals surface area (Å²) >= 11 is 0. The first-order chi connectivity index (χ1) is 33.4. The Morgan fingerprint density at radius 1 is 0.382 bits per heavy atom. The smallest absolute Gasteiger partial charge is 0.0504 e. The molecule has 0 spiro atoms. The number of para-hydroxylation sites is 4. The molecule has 10 aromatic rings. The number of fused-ring (bicyclic) bond motifs is 3. The molecule has 0 fully saturated rings. The molecule has 0 bridgehead atoms. The maximum absolute atomic E-state index is 2.41. The number of rotatable bonds is 11. The van der Waals surface area contributed by atoms with Crippen LogP contribution in [0.5, 0.6) is 0 Å². The maximum atomic E-state index is 2.41. The van der Waals surface area contributed by atoms with Gasteiger partial charge in [-0.05, 0) is 160 Å². The van der Waals surface area contributed by atoms with Crippen molar-refractivity contribution in [2.24, 2.45) is 0 Å². The van der Waals surface area contributed by atoms with Crippen LogP contribution in [0.4, 0.5) is 62.6 Å². The van der Waals surface area contributed by atoms with Crippen LogP contribution < -0.4 is 19.6 Å². The van der Waals surface area contributed by atoms with E-state index in [2.05, 4.69) is 290 Å². The van der Waals surface area contributed by atoms with E-state index in [1.807, 2.05) is 0 Å². The zero-order chi connectivity index (χ0) is 46.2. The Morgan fingerprint density at radius 2 is 0.853 bits per heavy atom. The second kappa shape index (κ2) is 17.8.